The second-order valence-corrected chi connectivity index (χ2v) is 6.83. The van der Waals surface area contributed by atoms with Crippen LogP contribution >= 0.6 is 0 Å². The Labute approximate surface area is 166 Å². The molecule has 7 nitrogen and oxygen atoms in total. The van der Waals surface area contributed by atoms with Crippen LogP contribution < -0.4 is 10.1 Å². The number of halogens is 1. The predicted molar refractivity (Wildman–Crippen MR) is 109 cm³/mol. The van der Waals surface area contributed by atoms with Crippen molar-refractivity contribution in [2.75, 3.05) is 60.5 Å². The van der Waals surface area contributed by atoms with Gasteiger partial charge in [0, 0.05) is 53.4 Å². The number of carbonyl (C=O) groups excluding carboxylic acids is 1. The van der Waals surface area contributed by atoms with Gasteiger partial charge in [-0.05, 0) is 17.7 Å². The average Bonchev–Trinajstić information content (AvgIpc) is 2.68. The Morgan fingerprint density at radius 2 is 2.07 bits per heavy atom. The minimum Gasteiger partial charge on any atom is -0.494 e. The number of benzene rings is 1. The van der Waals surface area contributed by atoms with E-state index < -0.39 is 0 Å². The van der Waals surface area contributed by atoms with Gasteiger partial charge in [0.2, 0.25) is 5.91 Å². The number of piperazine rings is 1. The monoisotopic (exact) mass is 391 g/mol. The fraction of sp³-hybridized carbons (Fsp3) is 0.500. The number of ether oxygens (including phenoxy) is 1. The van der Waals surface area contributed by atoms with Crippen molar-refractivity contribution in [1.82, 2.24) is 20.0 Å². The molecule has 1 aromatic carbocycles. The summed E-state index contributed by atoms with van der Waals surface area (Å²) in [4.78, 5) is 22.2. The highest BCUT2D eigenvalue weighted by Crippen LogP contribution is 2.19. The van der Waals surface area contributed by atoms with Crippen molar-refractivity contribution in [3.8, 4) is 5.75 Å². The van der Waals surface area contributed by atoms with E-state index in [2.05, 4.69) is 26.7 Å². The zero-order valence-electron chi connectivity index (χ0n) is 16.9. The highest BCUT2D eigenvalue weighted by Gasteiger charge is 2.20. The Balaban J connectivity index is 1.93. The number of aliphatic imine (C=N–C) groups is 1. The first kappa shape index (κ1) is 21.7. The number of nitrogens with one attached hydrogen (secondary N) is 1. The van der Waals surface area contributed by atoms with Gasteiger partial charge in [0.05, 0.1) is 7.11 Å². The zero-order chi connectivity index (χ0) is 20.5. The van der Waals surface area contributed by atoms with E-state index in [1.807, 2.05) is 6.07 Å². The maximum Gasteiger partial charge on any atom is 0.243 e. The lowest BCUT2D eigenvalue weighted by Gasteiger charge is -2.36. The molecule has 1 heterocycles. The van der Waals surface area contributed by atoms with Gasteiger partial charge in [0.25, 0.3) is 0 Å². The molecule has 1 N–H and O–H groups in total. The molecule has 1 amide bonds. The van der Waals surface area contributed by atoms with E-state index in [9.17, 15) is 9.18 Å². The first-order chi connectivity index (χ1) is 13.4. The number of guanidine groups is 1. The van der Waals surface area contributed by atoms with Gasteiger partial charge in [-0.15, -0.1) is 6.58 Å². The highest BCUT2D eigenvalue weighted by molar-refractivity contribution is 5.85. The predicted octanol–water partition coefficient (Wildman–Crippen LogP) is 1.17. The fourth-order valence-corrected chi connectivity index (χ4v) is 2.90. The summed E-state index contributed by atoms with van der Waals surface area (Å²) in [5.41, 5.74) is 0.919. The number of rotatable bonds is 7. The molecule has 8 heteroatoms. The second kappa shape index (κ2) is 10.7. The Bertz CT molecular complexity index is 700. The van der Waals surface area contributed by atoms with Crippen LogP contribution in [0.3, 0.4) is 0 Å². The molecule has 1 aliphatic rings. The van der Waals surface area contributed by atoms with Gasteiger partial charge in [-0.2, -0.15) is 0 Å². The number of likely N-dealkylation sites (N-methyl/N-ethyl adjacent to an activating group) is 1. The molecular weight excluding hydrogens is 361 g/mol. The van der Waals surface area contributed by atoms with Gasteiger partial charge in [-0.25, -0.2) is 9.38 Å². The lowest BCUT2D eigenvalue weighted by molar-refractivity contribution is -0.127. The van der Waals surface area contributed by atoms with Crippen LogP contribution in [-0.2, 0) is 11.3 Å². The van der Waals surface area contributed by atoms with Gasteiger partial charge in [0.1, 0.15) is 6.54 Å². The fourth-order valence-electron chi connectivity index (χ4n) is 2.90. The van der Waals surface area contributed by atoms with Crippen molar-refractivity contribution in [3.63, 3.8) is 0 Å². The third kappa shape index (κ3) is 6.23. The maximum atomic E-state index is 13.9. The molecule has 0 saturated carbocycles. The van der Waals surface area contributed by atoms with E-state index in [4.69, 9.17) is 4.74 Å². The molecule has 1 fully saturated rings. The lowest BCUT2D eigenvalue weighted by Crippen LogP contribution is -2.52. The van der Waals surface area contributed by atoms with E-state index in [0.29, 0.717) is 19.0 Å². The molecule has 2 rings (SSSR count). The van der Waals surface area contributed by atoms with E-state index in [0.717, 1.165) is 31.7 Å². The van der Waals surface area contributed by atoms with Crippen LogP contribution in [0.1, 0.15) is 5.56 Å². The molecule has 0 atom stereocenters. The standard InChI is InChI=1S/C20H30FN5O2/c1-5-8-22-20(23-14-19(27)24(2)3)26-11-9-25(10-12-26)15-16-6-7-18(28-4)17(21)13-16/h5-7,13H,1,8-12,14-15H2,2-4H3,(H,22,23). The summed E-state index contributed by atoms with van der Waals surface area (Å²) in [6.45, 7) is 8.29. The van der Waals surface area contributed by atoms with Gasteiger partial charge >= 0.3 is 0 Å². The Morgan fingerprint density at radius 3 is 2.64 bits per heavy atom. The zero-order valence-corrected chi connectivity index (χ0v) is 16.9. The molecule has 0 bridgehead atoms. The number of carbonyl (C=O) groups is 1. The number of methoxy groups -OCH3 is 1. The summed E-state index contributed by atoms with van der Waals surface area (Å²) in [6.07, 6.45) is 1.76. The van der Waals surface area contributed by atoms with E-state index in [-0.39, 0.29) is 24.0 Å². The molecule has 1 aliphatic heterocycles. The van der Waals surface area contributed by atoms with Crippen LogP contribution in [0.5, 0.6) is 5.75 Å². The quantitative estimate of drug-likeness (QED) is 0.430. The van der Waals surface area contributed by atoms with Crippen LogP contribution in [0, 0.1) is 5.82 Å². The minimum absolute atomic E-state index is 0.0435. The van der Waals surface area contributed by atoms with Crippen LogP contribution in [0.15, 0.2) is 35.8 Å². The number of hydrogen-bond donors (Lipinski definition) is 1. The molecule has 0 spiro atoms. The van der Waals surface area contributed by atoms with Gasteiger partial charge in [-0.3, -0.25) is 9.69 Å². The largest absolute Gasteiger partial charge is 0.494 e. The van der Waals surface area contributed by atoms with Gasteiger partial charge in [-0.1, -0.05) is 12.1 Å². The van der Waals surface area contributed by atoms with Crippen molar-refractivity contribution < 1.29 is 13.9 Å². The molecule has 0 aliphatic carbocycles. The van der Waals surface area contributed by atoms with Crippen molar-refractivity contribution in [2.24, 2.45) is 4.99 Å². The normalized spacial score (nSPS) is 15.3. The average molecular weight is 391 g/mol. The summed E-state index contributed by atoms with van der Waals surface area (Å²) in [6, 6.07) is 5.07. The minimum atomic E-state index is -0.341. The molecule has 1 aromatic rings. The molecule has 0 radical (unpaired) electrons. The summed E-state index contributed by atoms with van der Waals surface area (Å²) >= 11 is 0. The maximum absolute atomic E-state index is 13.9. The lowest BCUT2D eigenvalue weighted by atomic mass is 10.2. The molecule has 1 saturated heterocycles. The third-order valence-electron chi connectivity index (χ3n) is 4.56. The first-order valence-corrected chi connectivity index (χ1v) is 9.33. The summed E-state index contributed by atoms with van der Waals surface area (Å²) in [5, 5.41) is 3.22. The van der Waals surface area contributed by atoms with E-state index >= 15 is 0 Å². The van der Waals surface area contributed by atoms with Gasteiger partial charge in [0.15, 0.2) is 17.5 Å². The number of amides is 1. The van der Waals surface area contributed by atoms with Crippen molar-refractivity contribution in [2.45, 2.75) is 6.54 Å². The van der Waals surface area contributed by atoms with Crippen LogP contribution in [0.4, 0.5) is 4.39 Å². The molecule has 154 valence electrons. The second-order valence-electron chi connectivity index (χ2n) is 6.83. The summed E-state index contributed by atoms with van der Waals surface area (Å²) < 4.78 is 18.9. The van der Waals surface area contributed by atoms with E-state index in [1.165, 1.54) is 18.1 Å². The highest BCUT2D eigenvalue weighted by atomic mass is 19.1. The summed E-state index contributed by atoms with van der Waals surface area (Å²) in [7, 11) is 4.90. The van der Waals surface area contributed by atoms with Crippen molar-refractivity contribution >= 4 is 11.9 Å². The van der Waals surface area contributed by atoms with Crippen LogP contribution in [-0.4, -0.2) is 87.0 Å². The number of nitrogens with zero attached hydrogens (tertiary/aromatic N) is 4. The smallest absolute Gasteiger partial charge is 0.243 e. The molecule has 0 aromatic heterocycles. The first-order valence-electron chi connectivity index (χ1n) is 9.33. The van der Waals surface area contributed by atoms with Crippen molar-refractivity contribution in [1.29, 1.82) is 0 Å². The van der Waals surface area contributed by atoms with Gasteiger partial charge < -0.3 is 19.9 Å². The van der Waals surface area contributed by atoms with Crippen LogP contribution in [0.2, 0.25) is 0 Å². The summed E-state index contributed by atoms with van der Waals surface area (Å²) in [5.74, 6) is 0.588. The third-order valence-corrected chi connectivity index (χ3v) is 4.56. The SMILES string of the molecule is C=CCNC(=NCC(=O)N(C)C)N1CCN(Cc2ccc(OC)c(F)c2)CC1. The Morgan fingerprint density at radius 1 is 1.36 bits per heavy atom. The van der Waals surface area contributed by atoms with E-state index in [1.54, 1.807) is 26.2 Å². The topological polar surface area (TPSA) is 60.4 Å². The van der Waals surface area contributed by atoms with Crippen molar-refractivity contribution in [3.05, 3.63) is 42.2 Å². The van der Waals surface area contributed by atoms with Crippen LogP contribution in [0.25, 0.3) is 0 Å². The molecule has 28 heavy (non-hydrogen) atoms. The Hall–Kier alpha value is -2.61. The molecular formula is C20H30FN5O2. The Kier molecular flexibility index (Phi) is 8.25. The number of hydrogen-bond acceptors (Lipinski definition) is 4. The molecule has 0 unspecified atom stereocenters.